The molecule has 0 bridgehead atoms. The molecule has 0 aromatic heterocycles. The van der Waals surface area contributed by atoms with E-state index < -0.39 is 0 Å². The molecular weight excluding hydrogens is 316 g/mol. The van der Waals surface area contributed by atoms with Gasteiger partial charge in [-0.15, -0.1) is 0 Å². The standard InChI is InChI=1S/C20H22N2O3/c1-25-18-10-7-15(8-11-18)9-12-19(23)21-16-4-2-5-17(14-16)22-13-3-6-20(22)24/h2,4-5,7-8,10-11,14H,3,6,9,12-13H2,1H3,(H,21,23). The fourth-order valence-electron chi connectivity index (χ4n) is 2.95. The highest BCUT2D eigenvalue weighted by atomic mass is 16.5. The molecule has 0 atom stereocenters. The van der Waals surface area contributed by atoms with Gasteiger partial charge in [0, 0.05) is 30.8 Å². The number of hydrogen-bond acceptors (Lipinski definition) is 3. The second kappa shape index (κ2) is 7.83. The second-order valence-corrected chi connectivity index (χ2v) is 6.10. The summed E-state index contributed by atoms with van der Waals surface area (Å²) in [5, 5.41) is 2.91. The minimum Gasteiger partial charge on any atom is -0.497 e. The molecule has 2 aromatic rings. The Kier molecular flexibility index (Phi) is 5.33. The lowest BCUT2D eigenvalue weighted by Gasteiger charge is -2.16. The van der Waals surface area contributed by atoms with Gasteiger partial charge in [0.2, 0.25) is 11.8 Å². The van der Waals surface area contributed by atoms with Gasteiger partial charge in [-0.3, -0.25) is 9.59 Å². The van der Waals surface area contributed by atoms with E-state index in [0.29, 0.717) is 19.3 Å². The Balaban J connectivity index is 1.56. The highest BCUT2D eigenvalue weighted by molar-refractivity contribution is 5.97. The maximum Gasteiger partial charge on any atom is 0.227 e. The predicted molar refractivity (Wildman–Crippen MR) is 98.0 cm³/mol. The lowest BCUT2D eigenvalue weighted by Crippen LogP contribution is -2.23. The molecule has 2 aromatic carbocycles. The van der Waals surface area contributed by atoms with Crippen molar-refractivity contribution < 1.29 is 14.3 Å². The highest BCUT2D eigenvalue weighted by Gasteiger charge is 2.21. The van der Waals surface area contributed by atoms with E-state index in [1.807, 2.05) is 48.5 Å². The van der Waals surface area contributed by atoms with Crippen molar-refractivity contribution in [1.29, 1.82) is 0 Å². The molecule has 0 radical (unpaired) electrons. The Bertz CT molecular complexity index is 756. The van der Waals surface area contributed by atoms with E-state index in [9.17, 15) is 9.59 Å². The second-order valence-electron chi connectivity index (χ2n) is 6.10. The number of amides is 2. The number of nitrogens with zero attached hydrogens (tertiary/aromatic N) is 1. The summed E-state index contributed by atoms with van der Waals surface area (Å²) in [6, 6.07) is 15.2. The van der Waals surface area contributed by atoms with Crippen LogP contribution in [0.5, 0.6) is 5.75 Å². The average Bonchev–Trinajstić information content (AvgIpc) is 3.06. The van der Waals surface area contributed by atoms with E-state index in [4.69, 9.17) is 4.74 Å². The van der Waals surface area contributed by atoms with Gasteiger partial charge in [0.05, 0.1) is 7.11 Å². The summed E-state index contributed by atoms with van der Waals surface area (Å²) >= 11 is 0. The van der Waals surface area contributed by atoms with Gasteiger partial charge in [-0.25, -0.2) is 0 Å². The third-order valence-electron chi connectivity index (χ3n) is 4.31. The first-order valence-electron chi connectivity index (χ1n) is 8.49. The maximum atomic E-state index is 12.2. The third-order valence-corrected chi connectivity index (χ3v) is 4.31. The molecule has 5 heteroatoms. The molecule has 1 N–H and O–H groups in total. The summed E-state index contributed by atoms with van der Waals surface area (Å²) in [4.78, 5) is 25.8. The fourth-order valence-corrected chi connectivity index (χ4v) is 2.95. The Morgan fingerprint density at radius 2 is 2.00 bits per heavy atom. The number of anilines is 2. The number of carbonyl (C=O) groups excluding carboxylic acids is 2. The van der Waals surface area contributed by atoms with Crippen LogP contribution in [-0.2, 0) is 16.0 Å². The van der Waals surface area contributed by atoms with Gasteiger partial charge < -0.3 is 15.0 Å². The van der Waals surface area contributed by atoms with E-state index in [1.54, 1.807) is 12.0 Å². The molecule has 130 valence electrons. The Hall–Kier alpha value is -2.82. The lowest BCUT2D eigenvalue weighted by molar-refractivity contribution is -0.117. The first-order chi connectivity index (χ1) is 12.2. The van der Waals surface area contributed by atoms with Crippen LogP contribution in [0.25, 0.3) is 0 Å². The summed E-state index contributed by atoms with van der Waals surface area (Å²) in [5.41, 5.74) is 2.65. The SMILES string of the molecule is COc1ccc(CCC(=O)Nc2cccc(N3CCCC3=O)c2)cc1. The third kappa shape index (κ3) is 4.38. The molecular formula is C20H22N2O3. The van der Waals surface area contributed by atoms with Crippen LogP contribution in [0.4, 0.5) is 11.4 Å². The van der Waals surface area contributed by atoms with Gasteiger partial charge in [0.15, 0.2) is 0 Å². The van der Waals surface area contributed by atoms with Gasteiger partial charge in [-0.2, -0.15) is 0 Å². The van der Waals surface area contributed by atoms with Crippen LogP contribution in [0.3, 0.4) is 0 Å². The Morgan fingerprint density at radius 1 is 1.20 bits per heavy atom. The minimum atomic E-state index is -0.0410. The Labute approximate surface area is 147 Å². The van der Waals surface area contributed by atoms with Crippen molar-refractivity contribution in [2.75, 3.05) is 23.9 Å². The molecule has 3 rings (SSSR count). The molecule has 2 amide bonds. The van der Waals surface area contributed by atoms with Gasteiger partial charge >= 0.3 is 0 Å². The smallest absolute Gasteiger partial charge is 0.227 e. The molecule has 5 nitrogen and oxygen atoms in total. The molecule has 1 heterocycles. The number of nitrogens with one attached hydrogen (secondary N) is 1. The molecule has 1 saturated heterocycles. The molecule has 0 aliphatic carbocycles. The molecule has 0 saturated carbocycles. The molecule has 1 fully saturated rings. The Morgan fingerprint density at radius 3 is 2.68 bits per heavy atom. The zero-order valence-corrected chi connectivity index (χ0v) is 14.3. The first-order valence-corrected chi connectivity index (χ1v) is 8.49. The normalized spacial score (nSPS) is 13.8. The van der Waals surface area contributed by atoms with Crippen LogP contribution in [0.1, 0.15) is 24.8 Å². The zero-order valence-electron chi connectivity index (χ0n) is 14.3. The zero-order chi connectivity index (χ0) is 17.6. The number of rotatable bonds is 6. The summed E-state index contributed by atoms with van der Waals surface area (Å²) < 4.78 is 5.13. The van der Waals surface area contributed by atoms with E-state index in [-0.39, 0.29) is 11.8 Å². The number of methoxy groups -OCH3 is 1. The van der Waals surface area contributed by atoms with Gasteiger partial charge in [-0.1, -0.05) is 18.2 Å². The van der Waals surface area contributed by atoms with Crippen molar-refractivity contribution in [2.45, 2.75) is 25.7 Å². The number of aryl methyl sites for hydroxylation is 1. The fraction of sp³-hybridized carbons (Fsp3) is 0.300. The van der Waals surface area contributed by atoms with Crippen molar-refractivity contribution in [1.82, 2.24) is 0 Å². The number of benzene rings is 2. The maximum absolute atomic E-state index is 12.2. The summed E-state index contributed by atoms with van der Waals surface area (Å²) in [6.45, 7) is 0.744. The monoisotopic (exact) mass is 338 g/mol. The van der Waals surface area contributed by atoms with Gasteiger partial charge in [0.25, 0.3) is 0 Å². The predicted octanol–water partition coefficient (Wildman–Crippen LogP) is 3.39. The number of carbonyl (C=O) groups is 2. The average molecular weight is 338 g/mol. The largest absolute Gasteiger partial charge is 0.497 e. The van der Waals surface area contributed by atoms with Gasteiger partial charge in [-0.05, 0) is 48.7 Å². The quantitative estimate of drug-likeness (QED) is 0.878. The van der Waals surface area contributed by atoms with Crippen molar-refractivity contribution in [3.05, 3.63) is 54.1 Å². The van der Waals surface area contributed by atoms with Crippen molar-refractivity contribution >= 4 is 23.2 Å². The molecule has 0 unspecified atom stereocenters. The number of hydrogen-bond donors (Lipinski definition) is 1. The van der Waals surface area contributed by atoms with Crippen LogP contribution < -0.4 is 15.0 Å². The molecule has 0 spiro atoms. The van der Waals surface area contributed by atoms with E-state index in [2.05, 4.69) is 5.32 Å². The molecule has 25 heavy (non-hydrogen) atoms. The van der Waals surface area contributed by atoms with Crippen LogP contribution in [0.15, 0.2) is 48.5 Å². The summed E-state index contributed by atoms with van der Waals surface area (Å²) in [6.07, 6.45) is 2.55. The lowest BCUT2D eigenvalue weighted by atomic mass is 10.1. The number of ether oxygens (including phenoxy) is 1. The summed E-state index contributed by atoms with van der Waals surface area (Å²) in [7, 11) is 1.63. The van der Waals surface area contributed by atoms with Crippen molar-refractivity contribution in [3.8, 4) is 5.75 Å². The highest BCUT2D eigenvalue weighted by Crippen LogP contribution is 2.24. The van der Waals surface area contributed by atoms with E-state index in [0.717, 1.165) is 35.7 Å². The van der Waals surface area contributed by atoms with Crippen molar-refractivity contribution in [3.63, 3.8) is 0 Å². The van der Waals surface area contributed by atoms with Crippen LogP contribution in [0.2, 0.25) is 0 Å². The van der Waals surface area contributed by atoms with E-state index in [1.165, 1.54) is 0 Å². The van der Waals surface area contributed by atoms with E-state index >= 15 is 0 Å². The molecule has 1 aliphatic heterocycles. The van der Waals surface area contributed by atoms with Crippen LogP contribution in [-0.4, -0.2) is 25.5 Å². The topological polar surface area (TPSA) is 58.6 Å². The first kappa shape index (κ1) is 17.0. The van der Waals surface area contributed by atoms with Crippen LogP contribution >= 0.6 is 0 Å². The van der Waals surface area contributed by atoms with Crippen molar-refractivity contribution in [2.24, 2.45) is 0 Å². The summed E-state index contributed by atoms with van der Waals surface area (Å²) in [5.74, 6) is 0.908. The minimum absolute atomic E-state index is 0.0410. The molecule has 1 aliphatic rings. The van der Waals surface area contributed by atoms with Gasteiger partial charge in [0.1, 0.15) is 5.75 Å². The van der Waals surface area contributed by atoms with Crippen LogP contribution in [0, 0.1) is 0 Å².